The van der Waals surface area contributed by atoms with Gasteiger partial charge in [-0.15, -0.1) is 12.4 Å². The van der Waals surface area contributed by atoms with Gasteiger partial charge in [0.25, 0.3) is 5.69 Å². The summed E-state index contributed by atoms with van der Waals surface area (Å²) in [4.78, 5) is 24.6. The third kappa shape index (κ3) is 4.80. The number of nitrogens with zero attached hydrogens (tertiary/aromatic N) is 2. The molecule has 7 nitrogen and oxygen atoms in total. The van der Waals surface area contributed by atoms with Crippen LogP contribution in [-0.2, 0) is 4.79 Å². The van der Waals surface area contributed by atoms with Crippen molar-refractivity contribution in [2.24, 2.45) is 11.7 Å². The van der Waals surface area contributed by atoms with Gasteiger partial charge in [-0.1, -0.05) is 12.1 Å². The molecular formula is C15H23ClN4O3. The lowest BCUT2D eigenvalue weighted by Crippen LogP contribution is -2.35. The first-order valence-corrected chi connectivity index (χ1v) is 7.49. The number of hydrogen-bond acceptors (Lipinski definition) is 5. The number of carbonyl (C=O) groups excluding carboxylic acids is 1. The minimum Gasteiger partial charge on any atom is -0.379 e. The van der Waals surface area contributed by atoms with E-state index in [9.17, 15) is 14.9 Å². The molecule has 0 aromatic heterocycles. The molecule has 1 aromatic rings. The Morgan fingerprint density at radius 3 is 2.78 bits per heavy atom. The van der Waals surface area contributed by atoms with Crippen LogP contribution in [0.3, 0.4) is 0 Å². The first-order chi connectivity index (χ1) is 10.5. The van der Waals surface area contributed by atoms with Crippen molar-refractivity contribution < 1.29 is 9.72 Å². The molecule has 1 aromatic carbocycles. The first-order valence-electron chi connectivity index (χ1n) is 7.49. The minimum absolute atomic E-state index is 0. The summed E-state index contributed by atoms with van der Waals surface area (Å²) >= 11 is 0. The van der Waals surface area contributed by atoms with E-state index in [1.54, 1.807) is 18.2 Å². The van der Waals surface area contributed by atoms with Crippen molar-refractivity contribution in [2.75, 3.05) is 25.0 Å². The van der Waals surface area contributed by atoms with Gasteiger partial charge in [0.05, 0.1) is 4.92 Å². The molecule has 0 radical (unpaired) electrons. The molecule has 0 aliphatic carbocycles. The molecule has 1 aliphatic heterocycles. The molecule has 1 saturated heterocycles. The highest BCUT2D eigenvalue weighted by Crippen LogP contribution is 2.24. The summed E-state index contributed by atoms with van der Waals surface area (Å²) in [7, 11) is 0. The number of benzene rings is 1. The van der Waals surface area contributed by atoms with Crippen molar-refractivity contribution in [3.05, 3.63) is 34.4 Å². The molecule has 2 atom stereocenters. The summed E-state index contributed by atoms with van der Waals surface area (Å²) < 4.78 is 0. The van der Waals surface area contributed by atoms with Gasteiger partial charge in [0.2, 0.25) is 5.91 Å². The number of carbonyl (C=O) groups is 1. The zero-order valence-corrected chi connectivity index (χ0v) is 13.9. The molecule has 2 rings (SSSR count). The second-order valence-electron chi connectivity index (χ2n) is 5.68. The molecule has 8 heteroatoms. The quantitative estimate of drug-likeness (QED) is 0.608. The highest BCUT2D eigenvalue weighted by atomic mass is 35.5. The largest absolute Gasteiger partial charge is 0.379 e. The number of anilines is 1. The monoisotopic (exact) mass is 342 g/mol. The molecule has 0 spiro atoms. The maximum absolute atomic E-state index is 12.2. The van der Waals surface area contributed by atoms with Crippen LogP contribution in [-0.4, -0.2) is 41.4 Å². The maximum atomic E-state index is 12.2. The normalized spacial score (nSPS) is 20.0. The predicted molar refractivity (Wildman–Crippen MR) is 91.8 cm³/mol. The third-order valence-corrected chi connectivity index (χ3v) is 4.07. The van der Waals surface area contributed by atoms with E-state index in [0.717, 1.165) is 6.42 Å². The van der Waals surface area contributed by atoms with Crippen LogP contribution >= 0.6 is 12.4 Å². The molecule has 0 bridgehead atoms. The minimum atomic E-state index is -0.432. The fraction of sp³-hybridized carbons (Fsp3) is 0.533. The van der Waals surface area contributed by atoms with E-state index in [1.165, 1.54) is 6.07 Å². The summed E-state index contributed by atoms with van der Waals surface area (Å²) in [6, 6.07) is 6.65. The Labute approximate surface area is 141 Å². The van der Waals surface area contributed by atoms with Crippen LogP contribution in [0.4, 0.5) is 11.4 Å². The number of nitrogens with two attached hydrogens (primary N) is 1. The van der Waals surface area contributed by atoms with Crippen molar-refractivity contribution in [1.29, 1.82) is 0 Å². The number of amides is 1. The smallest absolute Gasteiger partial charge is 0.292 e. The number of nitrogens with one attached hydrogen (secondary N) is 1. The predicted octanol–water partition coefficient (Wildman–Crippen LogP) is 2.01. The Balaban J connectivity index is 0.00000264. The van der Waals surface area contributed by atoms with Gasteiger partial charge >= 0.3 is 0 Å². The second kappa shape index (κ2) is 8.69. The van der Waals surface area contributed by atoms with Crippen LogP contribution in [0, 0.1) is 16.0 Å². The highest BCUT2D eigenvalue weighted by molar-refractivity contribution is 5.85. The van der Waals surface area contributed by atoms with E-state index < -0.39 is 4.92 Å². The van der Waals surface area contributed by atoms with Crippen LogP contribution < -0.4 is 11.1 Å². The van der Waals surface area contributed by atoms with Crippen LogP contribution in [0.25, 0.3) is 0 Å². The summed E-state index contributed by atoms with van der Waals surface area (Å²) in [6.45, 7) is 3.72. The zero-order chi connectivity index (χ0) is 16.1. The summed E-state index contributed by atoms with van der Waals surface area (Å²) in [6.07, 6.45) is 1.26. The summed E-state index contributed by atoms with van der Waals surface area (Å²) in [5.41, 5.74) is 6.13. The second-order valence-corrected chi connectivity index (χ2v) is 5.68. The van der Waals surface area contributed by atoms with Crippen molar-refractivity contribution in [3.63, 3.8) is 0 Å². The Morgan fingerprint density at radius 2 is 2.17 bits per heavy atom. The lowest BCUT2D eigenvalue weighted by atomic mass is 10.1. The summed E-state index contributed by atoms with van der Waals surface area (Å²) in [5.74, 6) is 0.441. The Bertz CT molecular complexity index is 555. The maximum Gasteiger partial charge on any atom is 0.292 e. The van der Waals surface area contributed by atoms with Gasteiger partial charge in [-0.25, -0.2) is 0 Å². The molecule has 128 valence electrons. The van der Waals surface area contributed by atoms with Gasteiger partial charge < -0.3 is 16.0 Å². The Hall–Kier alpha value is -1.86. The molecule has 1 aliphatic rings. The van der Waals surface area contributed by atoms with Gasteiger partial charge in [0.1, 0.15) is 5.69 Å². The standard InChI is InChI=1S/C15H22N4O3.ClH/c1-11-8-12(9-16)10-18(11)15(20)6-7-17-13-4-2-3-5-14(13)19(21)22;/h2-5,11-12,17H,6-10,16H2,1H3;1H. The van der Waals surface area contributed by atoms with E-state index in [4.69, 9.17) is 5.73 Å². The number of rotatable bonds is 6. The fourth-order valence-electron chi connectivity index (χ4n) is 2.89. The van der Waals surface area contributed by atoms with Gasteiger partial charge in [-0.05, 0) is 31.9 Å². The van der Waals surface area contributed by atoms with E-state index in [2.05, 4.69) is 5.32 Å². The molecule has 23 heavy (non-hydrogen) atoms. The molecule has 3 N–H and O–H groups in total. The van der Waals surface area contributed by atoms with Crippen molar-refractivity contribution in [3.8, 4) is 0 Å². The number of para-hydroxylation sites is 2. The number of likely N-dealkylation sites (tertiary alicyclic amines) is 1. The molecule has 1 amide bonds. The van der Waals surface area contributed by atoms with Gasteiger partial charge in [0.15, 0.2) is 0 Å². The number of nitro benzene ring substituents is 1. The third-order valence-electron chi connectivity index (χ3n) is 4.07. The van der Waals surface area contributed by atoms with Gasteiger partial charge in [-0.2, -0.15) is 0 Å². The zero-order valence-electron chi connectivity index (χ0n) is 13.1. The van der Waals surface area contributed by atoms with Crippen molar-refractivity contribution in [2.45, 2.75) is 25.8 Å². The highest BCUT2D eigenvalue weighted by Gasteiger charge is 2.31. The molecule has 2 unspecified atom stereocenters. The SMILES string of the molecule is CC1CC(CN)CN1C(=O)CCNc1ccccc1[N+](=O)[O-].Cl. The Morgan fingerprint density at radius 1 is 1.48 bits per heavy atom. The summed E-state index contributed by atoms with van der Waals surface area (Å²) in [5, 5.41) is 13.9. The average Bonchev–Trinajstić information content (AvgIpc) is 2.88. The molecule has 0 saturated carbocycles. The van der Waals surface area contributed by atoms with E-state index >= 15 is 0 Å². The lowest BCUT2D eigenvalue weighted by Gasteiger charge is -2.21. The molecule has 1 heterocycles. The number of halogens is 1. The van der Waals surface area contributed by atoms with Crippen molar-refractivity contribution >= 4 is 29.7 Å². The topological polar surface area (TPSA) is 102 Å². The van der Waals surface area contributed by atoms with Crippen LogP contribution in [0.15, 0.2) is 24.3 Å². The van der Waals surface area contributed by atoms with E-state index in [1.807, 2.05) is 11.8 Å². The number of hydrogen-bond donors (Lipinski definition) is 2. The van der Waals surface area contributed by atoms with E-state index in [-0.39, 0.29) is 30.0 Å². The van der Waals surface area contributed by atoms with Gasteiger partial charge in [-0.3, -0.25) is 14.9 Å². The van der Waals surface area contributed by atoms with E-state index in [0.29, 0.717) is 37.7 Å². The fourth-order valence-corrected chi connectivity index (χ4v) is 2.89. The van der Waals surface area contributed by atoms with Crippen molar-refractivity contribution in [1.82, 2.24) is 4.90 Å². The average molecular weight is 343 g/mol. The van der Waals surface area contributed by atoms with Crippen LogP contribution in [0.1, 0.15) is 19.8 Å². The lowest BCUT2D eigenvalue weighted by molar-refractivity contribution is -0.384. The molecular weight excluding hydrogens is 320 g/mol. The van der Waals surface area contributed by atoms with Gasteiger partial charge in [0, 0.05) is 31.6 Å². The first kappa shape index (κ1) is 19.2. The van der Waals surface area contributed by atoms with Crippen LogP contribution in [0.2, 0.25) is 0 Å². The number of nitro groups is 1. The Kier molecular flexibility index (Phi) is 7.25. The van der Waals surface area contributed by atoms with Crippen LogP contribution in [0.5, 0.6) is 0 Å². The molecule has 1 fully saturated rings.